The molecule has 2 aromatic rings. The first-order valence-electron chi connectivity index (χ1n) is 5.72. The molecule has 7 nitrogen and oxygen atoms in total. The molecule has 0 aliphatic heterocycles. The van der Waals surface area contributed by atoms with Crippen molar-refractivity contribution < 1.29 is 20.1 Å². The topological polar surface area (TPSA) is 115 Å². The maximum atomic E-state index is 11.8. The van der Waals surface area contributed by atoms with Gasteiger partial charge in [-0.15, -0.1) is 0 Å². The van der Waals surface area contributed by atoms with Crippen LogP contribution in [0.15, 0.2) is 30.5 Å². The van der Waals surface area contributed by atoms with Gasteiger partial charge in [-0.3, -0.25) is 5.32 Å². The molecule has 2 amide bonds. The standard InChI is InChI=1S/C13H13N3O4/c1-7-3-2-4-14-12(7)16-13(20)15-8-5-9(17)11(19)10(18)6-8/h2-6,17-19H,1H3,(H2,14,15,16,20). The van der Waals surface area contributed by atoms with Gasteiger partial charge in [-0.1, -0.05) is 6.07 Å². The summed E-state index contributed by atoms with van der Waals surface area (Å²) in [4.78, 5) is 15.8. The maximum Gasteiger partial charge on any atom is 0.324 e. The number of amides is 2. The van der Waals surface area contributed by atoms with Gasteiger partial charge in [0.25, 0.3) is 0 Å². The van der Waals surface area contributed by atoms with E-state index in [2.05, 4.69) is 15.6 Å². The number of hydrogen-bond donors (Lipinski definition) is 5. The number of anilines is 2. The molecule has 0 aliphatic rings. The van der Waals surface area contributed by atoms with Crippen LogP contribution in [0.25, 0.3) is 0 Å². The number of pyridine rings is 1. The van der Waals surface area contributed by atoms with Crippen LogP contribution in [0.5, 0.6) is 17.2 Å². The summed E-state index contributed by atoms with van der Waals surface area (Å²) in [5.74, 6) is -1.31. The van der Waals surface area contributed by atoms with Crippen LogP contribution in [0.4, 0.5) is 16.3 Å². The third-order valence-electron chi connectivity index (χ3n) is 2.57. The summed E-state index contributed by atoms with van der Waals surface area (Å²) < 4.78 is 0. The zero-order valence-electron chi connectivity index (χ0n) is 10.6. The molecule has 0 unspecified atom stereocenters. The number of carbonyl (C=O) groups excluding carboxylic acids is 1. The van der Waals surface area contributed by atoms with Crippen LogP contribution < -0.4 is 10.6 Å². The van der Waals surface area contributed by atoms with Crippen LogP contribution in [-0.2, 0) is 0 Å². The van der Waals surface area contributed by atoms with Crippen molar-refractivity contribution in [2.75, 3.05) is 10.6 Å². The molecule has 0 bridgehead atoms. The van der Waals surface area contributed by atoms with Gasteiger partial charge in [0.15, 0.2) is 17.2 Å². The summed E-state index contributed by atoms with van der Waals surface area (Å²) in [5, 5.41) is 32.8. The summed E-state index contributed by atoms with van der Waals surface area (Å²) in [6, 6.07) is 5.17. The van der Waals surface area contributed by atoms with Gasteiger partial charge in [0, 0.05) is 18.3 Å². The Hall–Kier alpha value is -2.96. The summed E-state index contributed by atoms with van der Waals surface area (Å²) in [7, 11) is 0. The zero-order valence-corrected chi connectivity index (χ0v) is 10.6. The van der Waals surface area contributed by atoms with Gasteiger partial charge in [-0.2, -0.15) is 0 Å². The highest BCUT2D eigenvalue weighted by molar-refractivity contribution is 5.99. The zero-order chi connectivity index (χ0) is 14.7. The second-order valence-electron chi connectivity index (χ2n) is 4.11. The first-order valence-corrected chi connectivity index (χ1v) is 5.72. The largest absolute Gasteiger partial charge is 0.504 e. The minimum Gasteiger partial charge on any atom is -0.504 e. The van der Waals surface area contributed by atoms with E-state index in [1.165, 1.54) is 0 Å². The molecule has 0 saturated carbocycles. The molecule has 0 fully saturated rings. The van der Waals surface area contributed by atoms with Gasteiger partial charge < -0.3 is 20.6 Å². The third-order valence-corrected chi connectivity index (χ3v) is 2.57. The summed E-state index contributed by atoms with van der Waals surface area (Å²) in [6.07, 6.45) is 1.54. The molecule has 0 aliphatic carbocycles. The smallest absolute Gasteiger partial charge is 0.324 e. The fourth-order valence-corrected chi connectivity index (χ4v) is 1.56. The number of hydrogen-bond acceptors (Lipinski definition) is 5. The van der Waals surface area contributed by atoms with Crippen LogP contribution in [0, 0.1) is 6.92 Å². The van der Waals surface area contributed by atoms with E-state index >= 15 is 0 Å². The van der Waals surface area contributed by atoms with E-state index in [0.717, 1.165) is 17.7 Å². The van der Waals surface area contributed by atoms with Crippen molar-refractivity contribution in [1.29, 1.82) is 0 Å². The summed E-state index contributed by atoms with van der Waals surface area (Å²) in [5.41, 5.74) is 0.919. The van der Waals surface area contributed by atoms with Gasteiger partial charge in [0.2, 0.25) is 0 Å². The van der Waals surface area contributed by atoms with Gasteiger partial charge >= 0.3 is 6.03 Å². The van der Waals surface area contributed by atoms with E-state index in [0.29, 0.717) is 5.82 Å². The number of carbonyl (C=O) groups is 1. The third kappa shape index (κ3) is 2.89. The monoisotopic (exact) mass is 275 g/mol. The Bertz CT molecular complexity index is 635. The molecule has 0 radical (unpaired) electrons. The molecule has 0 spiro atoms. The normalized spacial score (nSPS) is 10.1. The molecule has 1 aromatic carbocycles. The summed E-state index contributed by atoms with van der Waals surface area (Å²) in [6.45, 7) is 1.79. The number of nitrogens with zero attached hydrogens (tertiary/aromatic N) is 1. The van der Waals surface area contributed by atoms with Crippen molar-refractivity contribution >= 4 is 17.5 Å². The van der Waals surface area contributed by atoms with Gasteiger partial charge in [0.1, 0.15) is 5.82 Å². The number of urea groups is 1. The predicted octanol–water partition coefficient (Wildman–Crippen LogP) is 2.15. The Balaban J connectivity index is 2.11. The lowest BCUT2D eigenvalue weighted by atomic mass is 10.2. The number of aromatic nitrogens is 1. The SMILES string of the molecule is Cc1cccnc1NC(=O)Nc1cc(O)c(O)c(O)c1. The number of benzene rings is 1. The molecule has 0 atom stereocenters. The highest BCUT2D eigenvalue weighted by atomic mass is 16.3. The first-order chi connectivity index (χ1) is 9.47. The molecule has 1 aromatic heterocycles. The van der Waals surface area contributed by atoms with Gasteiger partial charge in [0.05, 0.1) is 5.69 Å². The minimum atomic E-state index is -0.642. The van der Waals surface area contributed by atoms with Crippen LogP contribution in [0.1, 0.15) is 5.56 Å². The quantitative estimate of drug-likeness (QED) is 0.425. The average molecular weight is 275 g/mol. The van der Waals surface area contributed by atoms with Gasteiger partial charge in [-0.05, 0) is 18.6 Å². The Morgan fingerprint density at radius 1 is 1.15 bits per heavy atom. The first kappa shape index (κ1) is 13.5. The van der Waals surface area contributed by atoms with Crippen molar-refractivity contribution in [3.05, 3.63) is 36.0 Å². The number of phenolic OH excluding ortho intramolecular Hbond substituents is 3. The molecule has 20 heavy (non-hydrogen) atoms. The number of rotatable bonds is 2. The van der Waals surface area contributed by atoms with Crippen molar-refractivity contribution in [3.8, 4) is 17.2 Å². The average Bonchev–Trinajstić information content (AvgIpc) is 2.38. The molecule has 0 saturated heterocycles. The fraction of sp³-hybridized carbons (Fsp3) is 0.0769. The molecule has 2 rings (SSSR count). The van der Waals surface area contributed by atoms with Crippen molar-refractivity contribution in [2.24, 2.45) is 0 Å². The van der Waals surface area contributed by atoms with E-state index in [1.54, 1.807) is 25.3 Å². The second kappa shape index (κ2) is 5.35. The van der Waals surface area contributed by atoms with Crippen LogP contribution in [0.3, 0.4) is 0 Å². The Morgan fingerprint density at radius 2 is 1.80 bits per heavy atom. The lowest BCUT2D eigenvalue weighted by Crippen LogP contribution is -2.20. The lowest BCUT2D eigenvalue weighted by Gasteiger charge is -2.10. The van der Waals surface area contributed by atoms with E-state index in [-0.39, 0.29) is 5.69 Å². The van der Waals surface area contributed by atoms with Crippen LogP contribution >= 0.6 is 0 Å². The highest BCUT2D eigenvalue weighted by Crippen LogP contribution is 2.37. The summed E-state index contributed by atoms with van der Waals surface area (Å²) >= 11 is 0. The van der Waals surface area contributed by atoms with Crippen molar-refractivity contribution in [1.82, 2.24) is 4.98 Å². The second-order valence-corrected chi connectivity index (χ2v) is 4.11. The molecular weight excluding hydrogens is 262 g/mol. The number of aryl methyl sites for hydroxylation is 1. The van der Waals surface area contributed by atoms with E-state index in [9.17, 15) is 20.1 Å². The van der Waals surface area contributed by atoms with E-state index in [1.807, 2.05) is 0 Å². The molecule has 5 N–H and O–H groups in total. The van der Waals surface area contributed by atoms with Crippen LogP contribution in [-0.4, -0.2) is 26.3 Å². The van der Waals surface area contributed by atoms with Gasteiger partial charge in [-0.25, -0.2) is 9.78 Å². The maximum absolute atomic E-state index is 11.8. The highest BCUT2D eigenvalue weighted by Gasteiger charge is 2.11. The Labute approximate surface area is 114 Å². The van der Waals surface area contributed by atoms with E-state index < -0.39 is 23.3 Å². The Morgan fingerprint density at radius 3 is 2.40 bits per heavy atom. The molecule has 104 valence electrons. The fourth-order valence-electron chi connectivity index (χ4n) is 1.56. The number of aromatic hydroxyl groups is 3. The minimum absolute atomic E-state index is 0.129. The van der Waals surface area contributed by atoms with Crippen molar-refractivity contribution in [2.45, 2.75) is 6.92 Å². The molecule has 7 heteroatoms. The molecular formula is C13H13N3O4. The van der Waals surface area contributed by atoms with E-state index in [4.69, 9.17) is 0 Å². The molecule has 1 heterocycles. The number of nitrogens with one attached hydrogen (secondary N) is 2. The number of phenols is 3. The Kier molecular flexibility index (Phi) is 3.60. The van der Waals surface area contributed by atoms with Crippen molar-refractivity contribution in [3.63, 3.8) is 0 Å². The lowest BCUT2D eigenvalue weighted by molar-refractivity contribution is 0.262. The van der Waals surface area contributed by atoms with Crippen LogP contribution in [0.2, 0.25) is 0 Å². The predicted molar refractivity (Wildman–Crippen MR) is 73.1 cm³/mol.